The Balaban J connectivity index is 1.93. The van der Waals surface area contributed by atoms with Crippen LogP contribution in [0.3, 0.4) is 0 Å². The first-order valence-corrected chi connectivity index (χ1v) is 7.29. The van der Waals surface area contributed by atoms with Gasteiger partial charge >= 0.3 is 0 Å². The molecule has 0 atom stereocenters. The molecule has 20 heavy (non-hydrogen) atoms. The quantitative estimate of drug-likeness (QED) is 0.929. The van der Waals surface area contributed by atoms with Crippen molar-refractivity contribution >= 4 is 11.3 Å². The van der Waals surface area contributed by atoms with Crippen LogP contribution in [0.15, 0.2) is 18.5 Å². The lowest BCUT2D eigenvalue weighted by molar-refractivity contribution is 0.244. The zero-order chi connectivity index (χ0) is 14.5. The number of hydrogen-bond acceptors (Lipinski definition) is 4. The number of fused-ring (bicyclic) bond motifs is 1. The van der Waals surface area contributed by atoms with Crippen molar-refractivity contribution in [3.05, 3.63) is 24.2 Å². The third-order valence-electron chi connectivity index (χ3n) is 4.40. The number of anilines is 1. The van der Waals surface area contributed by atoms with Gasteiger partial charge in [-0.3, -0.25) is 0 Å². The molecule has 3 heterocycles. The predicted molar refractivity (Wildman–Crippen MR) is 81.0 cm³/mol. The third kappa shape index (κ3) is 1.97. The van der Waals surface area contributed by atoms with Gasteiger partial charge in [-0.15, -0.1) is 0 Å². The van der Waals surface area contributed by atoms with Crippen LogP contribution >= 0.6 is 0 Å². The van der Waals surface area contributed by atoms with Crippen molar-refractivity contribution < 1.29 is 0 Å². The maximum Gasteiger partial charge on any atom is 0.154 e. The highest BCUT2D eigenvalue weighted by molar-refractivity contribution is 5.70. The molecule has 0 radical (unpaired) electrons. The number of nitrogens with two attached hydrogens (primary N) is 1. The molecule has 1 saturated heterocycles. The zero-order valence-electron chi connectivity index (χ0n) is 12.7. The van der Waals surface area contributed by atoms with Gasteiger partial charge in [0.2, 0.25) is 0 Å². The first-order valence-electron chi connectivity index (χ1n) is 7.29. The van der Waals surface area contributed by atoms with Crippen molar-refractivity contribution in [2.75, 3.05) is 18.0 Å². The van der Waals surface area contributed by atoms with Crippen molar-refractivity contribution in [3.63, 3.8) is 0 Å². The fraction of sp³-hybridized carbons (Fsp3) is 0.600. The predicted octanol–water partition coefficient (Wildman–Crippen LogP) is 2.03. The Hall–Kier alpha value is -1.62. The summed E-state index contributed by atoms with van der Waals surface area (Å²) in [6.45, 7) is 10.4. The molecule has 0 aliphatic carbocycles. The van der Waals surface area contributed by atoms with Crippen molar-refractivity contribution in [2.45, 2.75) is 39.2 Å². The summed E-state index contributed by atoms with van der Waals surface area (Å²) in [6, 6.07) is 2.14. The molecule has 0 spiro atoms. The minimum Gasteiger partial charge on any atom is -0.351 e. The summed E-state index contributed by atoms with van der Waals surface area (Å²) >= 11 is 0. The Bertz CT molecular complexity index is 622. The van der Waals surface area contributed by atoms with Gasteiger partial charge < -0.3 is 10.6 Å². The second kappa shape index (κ2) is 4.45. The molecule has 0 amide bonds. The molecule has 108 valence electrons. The maximum absolute atomic E-state index is 6.38. The second-order valence-corrected chi connectivity index (χ2v) is 6.55. The highest BCUT2D eigenvalue weighted by Crippen LogP contribution is 2.32. The second-order valence-electron chi connectivity index (χ2n) is 6.55. The topological polar surface area (TPSA) is 59.5 Å². The van der Waals surface area contributed by atoms with Gasteiger partial charge in [-0.25, -0.2) is 9.50 Å². The summed E-state index contributed by atoms with van der Waals surface area (Å²) in [5, 5.41) is 4.60. The molecule has 5 heteroatoms. The van der Waals surface area contributed by atoms with Gasteiger partial charge in [-0.1, -0.05) is 27.7 Å². The minimum absolute atomic E-state index is 0.0879. The molecule has 1 fully saturated rings. The summed E-state index contributed by atoms with van der Waals surface area (Å²) in [4.78, 5) is 6.79. The molecule has 1 aliphatic rings. The van der Waals surface area contributed by atoms with E-state index in [1.807, 2.05) is 16.9 Å². The van der Waals surface area contributed by atoms with Crippen LogP contribution in [0.5, 0.6) is 0 Å². The molecule has 0 unspecified atom stereocenters. The summed E-state index contributed by atoms with van der Waals surface area (Å²) in [5.74, 6) is 1.90. The number of nitrogens with zero attached hydrogens (tertiary/aromatic N) is 4. The molecule has 2 aromatic heterocycles. The Morgan fingerprint density at radius 3 is 2.55 bits per heavy atom. The van der Waals surface area contributed by atoms with E-state index in [0.29, 0.717) is 11.8 Å². The van der Waals surface area contributed by atoms with E-state index in [1.54, 1.807) is 0 Å². The zero-order valence-corrected chi connectivity index (χ0v) is 12.7. The highest BCUT2D eigenvalue weighted by Gasteiger charge is 2.43. The molecule has 5 nitrogen and oxygen atoms in total. The summed E-state index contributed by atoms with van der Waals surface area (Å²) in [5.41, 5.74) is 8.46. The average Bonchev–Trinajstić information content (AvgIpc) is 2.78. The minimum atomic E-state index is -0.0879. The first kappa shape index (κ1) is 13.4. The Morgan fingerprint density at radius 1 is 1.25 bits per heavy atom. The summed E-state index contributed by atoms with van der Waals surface area (Å²) in [7, 11) is 0. The van der Waals surface area contributed by atoms with Crippen LogP contribution in [0.2, 0.25) is 0 Å². The molecule has 1 aliphatic heterocycles. The average molecular weight is 273 g/mol. The Morgan fingerprint density at radius 2 is 1.95 bits per heavy atom. The van der Waals surface area contributed by atoms with E-state index in [1.165, 1.54) is 0 Å². The maximum atomic E-state index is 6.38. The van der Waals surface area contributed by atoms with E-state index in [9.17, 15) is 0 Å². The lowest BCUT2D eigenvalue weighted by Gasteiger charge is -2.51. The third-order valence-corrected chi connectivity index (χ3v) is 4.40. The molecule has 0 bridgehead atoms. The van der Waals surface area contributed by atoms with E-state index >= 15 is 0 Å². The fourth-order valence-corrected chi connectivity index (χ4v) is 2.63. The molecule has 2 aromatic rings. The van der Waals surface area contributed by atoms with E-state index in [4.69, 9.17) is 5.73 Å². The van der Waals surface area contributed by atoms with Gasteiger partial charge in [-0.2, -0.15) is 5.10 Å². The van der Waals surface area contributed by atoms with E-state index in [2.05, 4.69) is 48.7 Å². The summed E-state index contributed by atoms with van der Waals surface area (Å²) < 4.78 is 1.92. The van der Waals surface area contributed by atoms with Crippen molar-refractivity contribution in [3.8, 4) is 0 Å². The van der Waals surface area contributed by atoms with Gasteiger partial charge in [0.15, 0.2) is 5.82 Å². The standard InChI is InChI=1S/C15H23N5/c1-10(2)12-7-13-14(17-5-6-20(13)18-12)19-8-15(16,9-19)11(3)4/h5-7,10-11H,8-9,16H2,1-4H3. The highest BCUT2D eigenvalue weighted by atomic mass is 15.3. The summed E-state index contributed by atoms with van der Waals surface area (Å²) in [6.07, 6.45) is 3.72. The normalized spacial score (nSPS) is 18.1. The monoisotopic (exact) mass is 273 g/mol. The van der Waals surface area contributed by atoms with Crippen LogP contribution in [0.25, 0.3) is 5.52 Å². The van der Waals surface area contributed by atoms with Gasteiger partial charge in [0, 0.05) is 25.5 Å². The molecule has 0 saturated carbocycles. The van der Waals surface area contributed by atoms with E-state index < -0.39 is 0 Å². The number of hydrogen-bond donors (Lipinski definition) is 1. The Labute approximate surface area is 119 Å². The lowest BCUT2D eigenvalue weighted by Crippen LogP contribution is -2.70. The lowest BCUT2D eigenvalue weighted by atomic mass is 9.80. The van der Waals surface area contributed by atoms with Crippen LogP contribution in [0.1, 0.15) is 39.3 Å². The van der Waals surface area contributed by atoms with Crippen LogP contribution in [-0.2, 0) is 0 Å². The van der Waals surface area contributed by atoms with Gasteiger partial charge in [0.1, 0.15) is 5.52 Å². The molecule has 0 aromatic carbocycles. The van der Waals surface area contributed by atoms with Crippen LogP contribution in [0, 0.1) is 5.92 Å². The number of rotatable bonds is 3. The van der Waals surface area contributed by atoms with Gasteiger partial charge in [0.05, 0.1) is 11.2 Å². The fourth-order valence-electron chi connectivity index (χ4n) is 2.63. The van der Waals surface area contributed by atoms with Gasteiger partial charge in [-0.05, 0) is 17.9 Å². The molecular weight excluding hydrogens is 250 g/mol. The van der Waals surface area contributed by atoms with Crippen LogP contribution < -0.4 is 10.6 Å². The molecule has 2 N–H and O–H groups in total. The Kier molecular flexibility index (Phi) is 2.97. The van der Waals surface area contributed by atoms with Crippen LogP contribution in [-0.4, -0.2) is 33.2 Å². The first-order chi connectivity index (χ1) is 9.40. The van der Waals surface area contributed by atoms with E-state index in [0.717, 1.165) is 30.1 Å². The van der Waals surface area contributed by atoms with E-state index in [-0.39, 0.29) is 5.54 Å². The molecular formula is C15H23N5. The van der Waals surface area contributed by atoms with Crippen LogP contribution in [0.4, 0.5) is 5.82 Å². The number of aromatic nitrogens is 3. The van der Waals surface area contributed by atoms with Crippen molar-refractivity contribution in [1.29, 1.82) is 0 Å². The smallest absolute Gasteiger partial charge is 0.154 e. The largest absolute Gasteiger partial charge is 0.351 e. The van der Waals surface area contributed by atoms with Gasteiger partial charge in [0.25, 0.3) is 0 Å². The van der Waals surface area contributed by atoms with Crippen molar-refractivity contribution in [1.82, 2.24) is 14.6 Å². The SMILES string of the molecule is CC(C)c1cc2c(N3CC(N)(C(C)C)C3)nccn2n1. The molecule has 3 rings (SSSR count). The van der Waals surface area contributed by atoms with Crippen molar-refractivity contribution in [2.24, 2.45) is 11.7 Å².